The number of amides is 1. The molecule has 1 aromatic rings. The van der Waals surface area contributed by atoms with E-state index in [9.17, 15) is 13.2 Å². The molecule has 0 bridgehead atoms. The molecule has 1 heterocycles. The Morgan fingerprint density at radius 1 is 1.19 bits per heavy atom. The van der Waals surface area contributed by atoms with E-state index in [0.29, 0.717) is 31.8 Å². The van der Waals surface area contributed by atoms with Crippen LogP contribution in [0.3, 0.4) is 0 Å². The fourth-order valence-corrected chi connectivity index (χ4v) is 4.54. The van der Waals surface area contributed by atoms with Crippen molar-refractivity contribution < 1.29 is 17.9 Å². The van der Waals surface area contributed by atoms with Gasteiger partial charge in [0, 0.05) is 19.0 Å². The van der Waals surface area contributed by atoms with Crippen LogP contribution in [0.2, 0.25) is 0 Å². The van der Waals surface area contributed by atoms with Crippen LogP contribution in [0, 0.1) is 12.8 Å². The maximum Gasteiger partial charge on any atom is 0.223 e. The van der Waals surface area contributed by atoms with E-state index in [1.165, 1.54) is 10.6 Å². The van der Waals surface area contributed by atoms with Crippen LogP contribution in [-0.2, 0) is 14.8 Å². The normalized spacial score (nSPS) is 17.7. The van der Waals surface area contributed by atoms with Crippen LogP contribution in [0.25, 0.3) is 0 Å². The molecule has 27 heavy (non-hydrogen) atoms. The molecular weight excluding hydrogens is 364 g/mol. The minimum absolute atomic E-state index is 0.00281. The van der Waals surface area contributed by atoms with Crippen molar-refractivity contribution in [2.75, 3.05) is 26.5 Å². The number of nitrogens with zero attached hydrogens (tertiary/aromatic N) is 1. The summed E-state index contributed by atoms with van der Waals surface area (Å²) in [5.74, 6) is 1.05. The first-order chi connectivity index (χ1) is 12.5. The van der Waals surface area contributed by atoms with Crippen molar-refractivity contribution in [2.45, 2.75) is 52.5 Å². The third-order valence-corrected chi connectivity index (χ3v) is 6.66. The lowest BCUT2D eigenvalue weighted by Gasteiger charge is -2.30. The Kier molecular flexibility index (Phi) is 6.92. The van der Waals surface area contributed by atoms with Crippen LogP contribution < -0.4 is 10.1 Å². The minimum Gasteiger partial charge on any atom is -0.496 e. The molecule has 0 spiro atoms. The van der Waals surface area contributed by atoms with E-state index in [2.05, 4.69) is 25.2 Å². The number of carbonyl (C=O) groups excluding carboxylic acids is 1. The Hall–Kier alpha value is -1.60. The van der Waals surface area contributed by atoms with Gasteiger partial charge in [0.25, 0.3) is 0 Å². The topological polar surface area (TPSA) is 75.7 Å². The molecule has 1 aliphatic heterocycles. The maximum atomic E-state index is 12.7. The van der Waals surface area contributed by atoms with Crippen molar-refractivity contribution in [3.63, 3.8) is 0 Å². The van der Waals surface area contributed by atoms with Crippen molar-refractivity contribution in [3.05, 3.63) is 28.8 Å². The van der Waals surface area contributed by atoms with Gasteiger partial charge in [-0.3, -0.25) is 4.79 Å². The first-order valence-corrected chi connectivity index (χ1v) is 11.3. The third-order valence-electron chi connectivity index (χ3n) is 5.36. The molecule has 1 atom stereocenters. The molecule has 152 valence electrons. The summed E-state index contributed by atoms with van der Waals surface area (Å²) in [5, 5.41) is 3.12. The first-order valence-electron chi connectivity index (χ1n) is 9.48. The van der Waals surface area contributed by atoms with Gasteiger partial charge in [-0.05, 0) is 61.4 Å². The third kappa shape index (κ3) is 5.23. The molecule has 1 aromatic carbocycles. The number of hydrogen-bond donors (Lipinski definition) is 1. The summed E-state index contributed by atoms with van der Waals surface area (Å²) in [6, 6.07) is 4.03. The molecule has 0 saturated carbocycles. The zero-order valence-electron chi connectivity index (χ0n) is 17.2. The lowest BCUT2D eigenvalue weighted by molar-refractivity contribution is -0.126. The smallest absolute Gasteiger partial charge is 0.223 e. The highest BCUT2D eigenvalue weighted by atomic mass is 32.2. The molecule has 1 fully saturated rings. The summed E-state index contributed by atoms with van der Waals surface area (Å²) in [7, 11) is -1.50. The zero-order valence-corrected chi connectivity index (χ0v) is 18.0. The lowest BCUT2D eigenvalue weighted by Crippen LogP contribution is -2.43. The monoisotopic (exact) mass is 396 g/mol. The van der Waals surface area contributed by atoms with Crippen LogP contribution in [0.15, 0.2) is 12.1 Å². The lowest BCUT2D eigenvalue weighted by atomic mass is 9.92. The summed E-state index contributed by atoms with van der Waals surface area (Å²) in [6.07, 6.45) is 2.34. The van der Waals surface area contributed by atoms with E-state index in [0.717, 1.165) is 22.4 Å². The first kappa shape index (κ1) is 21.7. The summed E-state index contributed by atoms with van der Waals surface area (Å²) in [6.45, 7) is 9.07. The number of nitrogens with one attached hydrogen (secondary N) is 1. The zero-order chi connectivity index (χ0) is 20.4. The number of piperidine rings is 1. The van der Waals surface area contributed by atoms with Crippen molar-refractivity contribution in [3.8, 4) is 5.75 Å². The Balaban J connectivity index is 2.08. The summed E-state index contributed by atoms with van der Waals surface area (Å²) < 4.78 is 30.2. The van der Waals surface area contributed by atoms with Gasteiger partial charge < -0.3 is 10.1 Å². The second-order valence-corrected chi connectivity index (χ2v) is 9.75. The maximum absolute atomic E-state index is 12.7. The quantitative estimate of drug-likeness (QED) is 0.802. The molecule has 0 unspecified atom stereocenters. The molecule has 1 aliphatic rings. The predicted octanol–water partition coefficient (Wildman–Crippen LogP) is 2.98. The number of hydrogen-bond acceptors (Lipinski definition) is 4. The van der Waals surface area contributed by atoms with Crippen LogP contribution >= 0.6 is 0 Å². The second kappa shape index (κ2) is 8.61. The highest BCUT2D eigenvalue weighted by Crippen LogP contribution is 2.32. The molecule has 7 heteroatoms. The largest absolute Gasteiger partial charge is 0.496 e. The van der Waals surface area contributed by atoms with E-state index in [-0.39, 0.29) is 17.9 Å². The number of rotatable bonds is 6. The standard InChI is InChI=1S/C20H32N2O4S/c1-13(2)17-12-18(14(3)11-19(17)26-5)15(4)21-20(23)16-7-9-22(10-8-16)27(6,24)25/h11-13,15-16H,7-10H2,1-6H3,(H,21,23)/t15-/m0/s1. The molecule has 1 N–H and O–H groups in total. The summed E-state index contributed by atoms with van der Waals surface area (Å²) in [4.78, 5) is 12.7. The van der Waals surface area contributed by atoms with Gasteiger partial charge in [-0.1, -0.05) is 13.8 Å². The number of aryl methyl sites for hydroxylation is 1. The van der Waals surface area contributed by atoms with Crippen LogP contribution in [0.1, 0.15) is 62.3 Å². The fraction of sp³-hybridized carbons (Fsp3) is 0.650. The van der Waals surface area contributed by atoms with Crippen molar-refractivity contribution >= 4 is 15.9 Å². The van der Waals surface area contributed by atoms with Gasteiger partial charge in [0.2, 0.25) is 15.9 Å². The minimum atomic E-state index is -3.18. The van der Waals surface area contributed by atoms with Crippen molar-refractivity contribution in [2.24, 2.45) is 5.92 Å². The Labute approximate surface area is 163 Å². The molecule has 0 aliphatic carbocycles. The van der Waals surface area contributed by atoms with Gasteiger partial charge in [-0.2, -0.15) is 0 Å². The average molecular weight is 397 g/mol. The Morgan fingerprint density at radius 3 is 2.26 bits per heavy atom. The van der Waals surface area contributed by atoms with Gasteiger partial charge in [0.05, 0.1) is 19.4 Å². The van der Waals surface area contributed by atoms with Gasteiger partial charge >= 0.3 is 0 Å². The fourth-order valence-electron chi connectivity index (χ4n) is 3.67. The van der Waals surface area contributed by atoms with Crippen molar-refractivity contribution in [1.29, 1.82) is 0 Å². The Bertz CT molecular complexity index is 781. The van der Waals surface area contributed by atoms with Gasteiger partial charge in [0.15, 0.2) is 0 Å². The molecule has 6 nitrogen and oxygen atoms in total. The van der Waals surface area contributed by atoms with Crippen LogP contribution in [0.4, 0.5) is 0 Å². The van der Waals surface area contributed by atoms with E-state index in [4.69, 9.17) is 4.74 Å². The van der Waals surface area contributed by atoms with E-state index < -0.39 is 10.0 Å². The average Bonchev–Trinajstić information content (AvgIpc) is 2.60. The molecule has 0 radical (unpaired) electrons. The number of benzene rings is 1. The number of carbonyl (C=O) groups is 1. The molecule has 2 rings (SSSR count). The highest BCUT2D eigenvalue weighted by molar-refractivity contribution is 7.88. The molecular formula is C20H32N2O4S. The molecule has 0 aromatic heterocycles. The van der Waals surface area contributed by atoms with E-state index in [1.54, 1.807) is 7.11 Å². The number of ether oxygens (including phenoxy) is 1. The molecule has 1 saturated heterocycles. The number of methoxy groups -OCH3 is 1. The number of sulfonamides is 1. The van der Waals surface area contributed by atoms with Gasteiger partial charge in [0.1, 0.15) is 5.75 Å². The summed E-state index contributed by atoms with van der Waals surface area (Å²) >= 11 is 0. The van der Waals surface area contributed by atoms with Crippen LogP contribution in [-0.4, -0.2) is 45.1 Å². The molecule has 1 amide bonds. The van der Waals surface area contributed by atoms with Crippen LogP contribution in [0.5, 0.6) is 5.75 Å². The predicted molar refractivity (Wildman–Crippen MR) is 108 cm³/mol. The van der Waals surface area contributed by atoms with Gasteiger partial charge in [-0.25, -0.2) is 12.7 Å². The highest BCUT2D eigenvalue weighted by Gasteiger charge is 2.29. The van der Waals surface area contributed by atoms with E-state index in [1.807, 2.05) is 19.9 Å². The second-order valence-electron chi connectivity index (χ2n) is 7.77. The Morgan fingerprint density at radius 2 is 1.78 bits per heavy atom. The van der Waals surface area contributed by atoms with E-state index >= 15 is 0 Å². The van der Waals surface area contributed by atoms with Crippen molar-refractivity contribution in [1.82, 2.24) is 9.62 Å². The van der Waals surface area contributed by atoms with Gasteiger partial charge in [-0.15, -0.1) is 0 Å². The summed E-state index contributed by atoms with van der Waals surface area (Å²) in [5.41, 5.74) is 3.29. The SMILES string of the molecule is COc1cc(C)c([C@H](C)NC(=O)C2CCN(S(C)(=O)=O)CC2)cc1C(C)C.